The van der Waals surface area contributed by atoms with Crippen molar-refractivity contribution in [2.24, 2.45) is 0 Å². The Bertz CT molecular complexity index is 1100. The monoisotopic (exact) mass is 391 g/mol. The maximum Gasteiger partial charge on any atom is 0.198 e. The molecule has 0 aliphatic carbocycles. The number of ether oxygens (including phenoxy) is 1. The minimum atomic E-state index is -0.693. The van der Waals surface area contributed by atoms with Gasteiger partial charge in [-0.2, -0.15) is 0 Å². The highest BCUT2D eigenvalue weighted by Crippen LogP contribution is 2.36. The van der Waals surface area contributed by atoms with Gasteiger partial charge in [-0.15, -0.1) is 0 Å². The van der Waals surface area contributed by atoms with Crippen LogP contribution in [0.4, 0.5) is 8.78 Å². The number of para-hydroxylation sites is 2. The van der Waals surface area contributed by atoms with Gasteiger partial charge in [0, 0.05) is 17.1 Å². The van der Waals surface area contributed by atoms with Crippen molar-refractivity contribution in [1.82, 2.24) is 4.98 Å². The molecule has 4 aromatic rings. The molecule has 1 unspecified atom stereocenters. The number of hydrogen-bond acceptors (Lipinski definition) is 1. The molecule has 0 aliphatic heterocycles. The Hall–Kier alpha value is -3.14. The Kier molecular flexibility index (Phi) is 5.61. The molecule has 148 valence electrons. The fourth-order valence-corrected chi connectivity index (χ4v) is 3.81. The first kappa shape index (κ1) is 19.2. The number of aromatic amines is 1. The maximum absolute atomic E-state index is 15.2. The normalized spacial score (nSPS) is 12.2. The molecule has 0 aliphatic rings. The predicted molar refractivity (Wildman–Crippen MR) is 113 cm³/mol. The third kappa shape index (κ3) is 4.02. The molecule has 4 heteroatoms. The van der Waals surface area contributed by atoms with Gasteiger partial charge in [0.1, 0.15) is 5.75 Å². The molecule has 3 aromatic carbocycles. The van der Waals surface area contributed by atoms with E-state index in [0.717, 1.165) is 24.8 Å². The van der Waals surface area contributed by atoms with E-state index in [-0.39, 0.29) is 11.7 Å². The Morgan fingerprint density at radius 1 is 0.931 bits per heavy atom. The second-order valence-electron chi connectivity index (χ2n) is 7.20. The van der Waals surface area contributed by atoms with Crippen molar-refractivity contribution in [3.05, 3.63) is 95.7 Å². The van der Waals surface area contributed by atoms with E-state index in [0.29, 0.717) is 11.3 Å². The van der Waals surface area contributed by atoms with E-state index in [9.17, 15) is 4.39 Å². The molecule has 0 spiro atoms. The maximum atomic E-state index is 15.2. The van der Waals surface area contributed by atoms with Crippen LogP contribution in [-0.4, -0.2) is 4.98 Å². The minimum absolute atomic E-state index is 0.0256. The number of fused-ring (bicyclic) bond motifs is 1. The molecule has 0 saturated carbocycles. The summed E-state index contributed by atoms with van der Waals surface area (Å²) >= 11 is 0. The average molecular weight is 391 g/mol. The lowest BCUT2D eigenvalue weighted by Gasteiger charge is -2.18. The molecule has 0 radical (unpaired) electrons. The lowest BCUT2D eigenvalue weighted by Crippen LogP contribution is -2.05. The Morgan fingerprint density at radius 3 is 2.48 bits per heavy atom. The van der Waals surface area contributed by atoms with Crippen molar-refractivity contribution in [3.8, 4) is 11.5 Å². The first-order valence-corrected chi connectivity index (χ1v) is 9.93. The van der Waals surface area contributed by atoms with Crippen molar-refractivity contribution < 1.29 is 13.5 Å². The molecular formula is C25H23F2NO. The first-order valence-electron chi connectivity index (χ1n) is 9.93. The molecule has 0 saturated heterocycles. The number of nitrogens with one attached hydrogen (secondary N) is 1. The van der Waals surface area contributed by atoms with E-state index in [1.54, 1.807) is 30.3 Å². The van der Waals surface area contributed by atoms with E-state index < -0.39 is 11.6 Å². The predicted octanol–water partition coefficient (Wildman–Crippen LogP) is 7.36. The second-order valence-corrected chi connectivity index (χ2v) is 7.20. The Morgan fingerprint density at radius 2 is 1.69 bits per heavy atom. The topological polar surface area (TPSA) is 25.0 Å². The molecule has 1 heterocycles. The molecule has 1 N–H and O–H groups in total. The highest BCUT2D eigenvalue weighted by molar-refractivity contribution is 5.83. The zero-order valence-corrected chi connectivity index (χ0v) is 16.3. The zero-order valence-electron chi connectivity index (χ0n) is 16.3. The quantitative estimate of drug-likeness (QED) is 0.350. The van der Waals surface area contributed by atoms with Crippen LogP contribution in [0, 0.1) is 11.6 Å². The van der Waals surface area contributed by atoms with Crippen LogP contribution in [0.1, 0.15) is 36.8 Å². The molecule has 0 amide bonds. The summed E-state index contributed by atoms with van der Waals surface area (Å²) in [6.45, 7) is 2.03. The fourth-order valence-electron chi connectivity index (χ4n) is 3.81. The summed E-state index contributed by atoms with van der Waals surface area (Å²) in [5.41, 5.74) is 2.81. The van der Waals surface area contributed by atoms with E-state index in [4.69, 9.17) is 4.74 Å². The minimum Gasteiger partial charge on any atom is -0.451 e. The number of rotatable bonds is 7. The van der Waals surface area contributed by atoms with Crippen LogP contribution >= 0.6 is 0 Å². The fraction of sp³-hybridized carbons (Fsp3) is 0.200. The number of hydrogen-bond donors (Lipinski definition) is 1. The molecule has 0 fully saturated rings. The van der Waals surface area contributed by atoms with Gasteiger partial charge < -0.3 is 9.72 Å². The Balaban J connectivity index is 1.57. The molecule has 1 atom stereocenters. The van der Waals surface area contributed by atoms with Crippen molar-refractivity contribution in [1.29, 1.82) is 0 Å². The largest absolute Gasteiger partial charge is 0.451 e. The third-order valence-corrected chi connectivity index (χ3v) is 5.41. The van der Waals surface area contributed by atoms with Gasteiger partial charge in [-0.05, 0) is 60.6 Å². The lowest BCUT2D eigenvalue weighted by atomic mass is 9.89. The Labute approximate surface area is 169 Å². The first-order chi connectivity index (χ1) is 14.2. The highest BCUT2D eigenvalue weighted by Gasteiger charge is 2.21. The van der Waals surface area contributed by atoms with Gasteiger partial charge in [0.2, 0.25) is 0 Å². The third-order valence-electron chi connectivity index (χ3n) is 5.41. The number of H-pyrrole nitrogens is 1. The van der Waals surface area contributed by atoms with Crippen LogP contribution < -0.4 is 4.74 Å². The second kappa shape index (κ2) is 8.48. The molecule has 29 heavy (non-hydrogen) atoms. The van der Waals surface area contributed by atoms with Gasteiger partial charge in [-0.3, -0.25) is 0 Å². The highest BCUT2D eigenvalue weighted by atomic mass is 19.1. The van der Waals surface area contributed by atoms with Crippen LogP contribution in [0.15, 0.2) is 72.9 Å². The number of aryl methyl sites for hydroxylation is 1. The van der Waals surface area contributed by atoms with E-state index in [1.165, 1.54) is 17.0 Å². The summed E-state index contributed by atoms with van der Waals surface area (Å²) in [6, 6.07) is 19.7. The number of benzene rings is 3. The molecule has 1 aromatic heterocycles. The van der Waals surface area contributed by atoms with Crippen LogP contribution in [0.5, 0.6) is 11.5 Å². The SMILES string of the molecule is CCC(CCc1c[nH]c2ccccc12)c1ccc(F)c(Oc2ccccc2)c1F. The van der Waals surface area contributed by atoms with Crippen LogP contribution in [0.3, 0.4) is 0 Å². The molecule has 4 rings (SSSR count). The lowest BCUT2D eigenvalue weighted by molar-refractivity contribution is 0.399. The van der Waals surface area contributed by atoms with Gasteiger partial charge in [0.25, 0.3) is 0 Å². The van der Waals surface area contributed by atoms with Gasteiger partial charge in [0.15, 0.2) is 17.4 Å². The average Bonchev–Trinajstić information content (AvgIpc) is 3.17. The van der Waals surface area contributed by atoms with Crippen molar-refractivity contribution in [3.63, 3.8) is 0 Å². The van der Waals surface area contributed by atoms with Gasteiger partial charge >= 0.3 is 0 Å². The van der Waals surface area contributed by atoms with E-state index >= 15 is 4.39 Å². The summed E-state index contributed by atoms with van der Waals surface area (Å²) in [7, 11) is 0. The number of aromatic nitrogens is 1. The summed E-state index contributed by atoms with van der Waals surface area (Å²) in [6.07, 6.45) is 4.36. The standard InChI is InChI=1S/C25H23F2NO/c1-2-17(12-13-18-16-28-23-11-7-6-10-20(18)23)21-14-15-22(26)25(24(21)27)29-19-8-4-3-5-9-19/h3-11,14-17,28H,2,12-13H2,1H3. The smallest absolute Gasteiger partial charge is 0.198 e. The molecule has 2 nitrogen and oxygen atoms in total. The molecular weight excluding hydrogens is 368 g/mol. The number of halogens is 2. The zero-order chi connectivity index (χ0) is 20.2. The summed E-state index contributed by atoms with van der Waals surface area (Å²) in [5, 5.41) is 1.19. The van der Waals surface area contributed by atoms with Crippen LogP contribution in [-0.2, 0) is 6.42 Å². The van der Waals surface area contributed by atoms with Gasteiger partial charge in [-0.25, -0.2) is 8.78 Å². The van der Waals surface area contributed by atoms with E-state index in [1.807, 2.05) is 37.4 Å². The van der Waals surface area contributed by atoms with Crippen molar-refractivity contribution >= 4 is 10.9 Å². The van der Waals surface area contributed by atoms with Crippen molar-refractivity contribution in [2.75, 3.05) is 0 Å². The van der Waals surface area contributed by atoms with Crippen molar-refractivity contribution in [2.45, 2.75) is 32.1 Å². The summed E-state index contributed by atoms with van der Waals surface area (Å²) in [5.74, 6) is -1.25. The summed E-state index contributed by atoms with van der Waals surface area (Å²) in [4.78, 5) is 3.28. The summed E-state index contributed by atoms with van der Waals surface area (Å²) < 4.78 is 35.0. The van der Waals surface area contributed by atoms with Crippen LogP contribution in [0.2, 0.25) is 0 Å². The van der Waals surface area contributed by atoms with Gasteiger partial charge in [0.05, 0.1) is 0 Å². The van der Waals surface area contributed by atoms with Crippen LogP contribution in [0.25, 0.3) is 10.9 Å². The van der Waals surface area contributed by atoms with Gasteiger partial charge in [-0.1, -0.05) is 49.4 Å². The molecule has 0 bridgehead atoms. The van der Waals surface area contributed by atoms with E-state index in [2.05, 4.69) is 11.1 Å².